The van der Waals surface area contributed by atoms with Crippen molar-refractivity contribution in [3.8, 4) is 11.3 Å². The maximum Gasteiger partial charge on any atom is 0.412 e. The number of allylic oxidation sites excluding steroid dienone is 4. The molecular formula is C33H41N3O5. The number of anilines is 1. The molecule has 41 heavy (non-hydrogen) atoms. The highest BCUT2D eigenvalue weighted by Crippen LogP contribution is 2.54. The summed E-state index contributed by atoms with van der Waals surface area (Å²) in [5, 5.41) is 18.7. The third-order valence-corrected chi connectivity index (χ3v) is 9.79. The first-order valence-electron chi connectivity index (χ1n) is 14.8. The van der Waals surface area contributed by atoms with Crippen LogP contribution in [0.25, 0.3) is 11.3 Å². The van der Waals surface area contributed by atoms with Gasteiger partial charge in [-0.05, 0) is 80.2 Å². The number of hydrogen-bond donors (Lipinski definition) is 2. The zero-order valence-corrected chi connectivity index (χ0v) is 24.3. The van der Waals surface area contributed by atoms with Crippen molar-refractivity contribution < 1.29 is 24.2 Å². The Morgan fingerprint density at radius 3 is 2.63 bits per heavy atom. The fraction of sp³-hybridized carbons (Fsp3) is 0.515. The fourth-order valence-electron chi connectivity index (χ4n) is 7.19. The Bertz CT molecular complexity index is 1360. The zero-order chi connectivity index (χ0) is 29.2. The van der Waals surface area contributed by atoms with Crippen LogP contribution < -0.4 is 5.32 Å². The van der Waals surface area contributed by atoms with Crippen molar-refractivity contribution >= 4 is 23.3 Å². The molecule has 1 amide bonds. The number of nitrogens with zero attached hydrogens (tertiary/aromatic N) is 2. The molecule has 2 N–H and O–H groups in total. The predicted molar refractivity (Wildman–Crippen MR) is 157 cm³/mol. The Morgan fingerprint density at radius 2 is 1.90 bits per heavy atom. The summed E-state index contributed by atoms with van der Waals surface area (Å²) < 4.78 is 7.00. The standard InChI is InChI=1S/C33H41N3O5/c1-22-7-14-28-23(8-11-25-20-27(37)15-18-32(25,28)2)6-4-5-17-33(22,40)30(38)21-41-31(39)34-26-12-9-24(10-13-26)29-16-19-36(3)35-29/h9-10,12-13,15-16,18-20,22-23,28,40H,4-8,11,14,17,21H2,1-3H3,(H,34,39)/t22?,23?,28?,32?,33-/m1/s1. The van der Waals surface area contributed by atoms with Gasteiger partial charge in [-0.3, -0.25) is 19.6 Å². The molecule has 0 aliphatic heterocycles. The van der Waals surface area contributed by atoms with Gasteiger partial charge in [0.05, 0.1) is 5.69 Å². The number of aryl methyl sites for hydroxylation is 1. The van der Waals surface area contributed by atoms with Crippen molar-refractivity contribution in [1.29, 1.82) is 0 Å². The summed E-state index contributed by atoms with van der Waals surface area (Å²) in [5.74, 6) is 0.245. The number of nitrogens with one attached hydrogen (secondary N) is 1. The van der Waals surface area contributed by atoms with Gasteiger partial charge in [0.15, 0.2) is 12.4 Å². The lowest BCUT2D eigenvalue weighted by atomic mass is 9.55. The molecule has 3 aliphatic rings. The summed E-state index contributed by atoms with van der Waals surface area (Å²) in [4.78, 5) is 37.9. The van der Waals surface area contributed by atoms with Crippen molar-refractivity contribution in [2.75, 3.05) is 11.9 Å². The molecule has 0 radical (unpaired) electrons. The largest absolute Gasteiger partial charge is 0.441 e. The van der Waals surface area contributed by atoms with E-state index in [1.54, 1.807) is 22.9 Å². The molecule has 1 heterocycles. The van der Waals surface area contributed by atoms with Gasteiger partial charge in [-0.25, -0.2) is 4.79 Å². The molecule has 0 spiro atoms. The average molecular weight is 560 g/mol. The highest BCUT2D eigenvalue weighted by molar-refractivity contribution is 6.01. The van der Waals surface area contributed by atoms with Crippen LogP contribution in [0.4, 0.5) is 10.5 Å². The Morgan fingerprint density at radius 1 is 1.12 bits per heavy atom. The van der Waals surface area contributed by atoms with Crippen molar-refractivity contribution in [3.05, 3.63) is 60.3 Å². The summed E-state index contributed by atoms with van der Waals surface area (Å²) >= 11 is 0. The van der Waals surface area contributed by atoms with E-state index in [0.29, 0.717) is 30.4 Å². The second-order valence-electron chi connectivity index (χ2n) is 12.3. The van der Waals surface area contributed by atoms with Crippen LogP contribution in [0.5, 0.6) is 0 Å². The molecule has 3 aliphatic carbocycles. The van der Waals surface area contributed by atoms with E-state index >= 15 is 0 Å². The van der Waals surface area contributed by atoms with Crippen molar-refractivity contribution in [2.24, 2.45) is 30.2 Å². The molecule has 4 unspecified atom stereocenters. The van der Waals surface area contributed by atoms with Gasteiger partial charge >= 0.3 is 6.09 Å². The number of amides is 1. The number of Topliss-reactive ketones (excluding diaryl/α,β-unsaturated/α-hetero) is 1. The van der Waals surface area contributed by atoms with Crippen LogP contribution in [0.3, 0.4) is 0 Å². The van der Waals surface area contributed by atoms with E-state index in [1.165, 1.54) is 5.57 Å². The van der Waals surface area contributed by atoms with Crippen molar-refractivity contribution in [2.45, 2.75) is 70.8 Å². The number of ether oxygens (including phenoxy) is 1. The molecule has 5 rings (SSSR count). The van der Waals surface area contributed by atoms with Gasteiger partial charge in [0, 0.05) is 29.9 Å². The molecule has 1 aromatic heterocycles. The van der Waals surface area contributed by atoms with E-state index in [2.05, 4.69) is 23.4 Å². The lowest BCUT2D eigenvalue weighted by molar-refractivity contribution is -0.148. The van der Waals surface area contributed by atoms with E-state index in [0.717, 1.165) is 49.8 Å². The van der Waals surface area contributed by atoms with E-state index in [-0.39, 0.29) is 17.1 Å². The maximum atomic E-state index is 13.3. The van der Waals surface area contributed by atoms with E-state index in [1.807, 2.05) is 44.4 Å². The number of ketones is 2. The second kappa shape index (κ2) is 11.8. The first kappa shape index (κ1) is 29.0. The van der Waals surface area contributed by atoms with Crippen molar-refractivity contribution in [1.82, 2.24) is 9.78 Å². The molecule has 2 fully saturated rings. The van der Waals surface area contributed by atoms with Crippen LogP contribution in [0.2, 0.25) is 0 Å². The summed E-state index contributed by atoms with van der Waals surface area (Å²) in [6.07, 6.45) is 13.4. The van der Waals surface area contributed by atoms with E-state index in [9.17, 15) is 19.5 Å². The number of rotatable bonds is 5. The minimum absolute atomic E-state index is 0.0645. The van der Waals surface area contributed by atoms with E-state index < -0.39 is 24.1 Å². The summed E-state index contributed by atoms with van der Waals surface area (Å²) in [6, 6.07) is 9.11. The molecule has 0 saturated heterocycles. The normalized spacial score (nSPS) is 30.0. The molecular weight excluding hydrogens is 518 g/mol. The first-order chi connectivity index (χ1) is 19.6. The summed E-state index contributed by atoms with van der Waals surface area (Å²) in [7, 11) is 1.85. The Labute approximate surface area is 241 Å². The fourth-order valence-corrected chi connectivity index (χ4v) is 7.19. The average Bonchev–Trinajstić information content (AvgIpc) is 3.39. The Kier molecular flexibility index (Phi) is 8.32. The smallest absolute Gasteiger partial charge is 0.412 e. The number of aliphatic hydroxyl groups is 1. The SMILES string of the molecule is CC1CCC2C(CCCC[C@]1(O)C(=O)COC(=O)Nc1ccc(-c3ccn(C)n3)cc1)CCC1=CC(=O)C=CC12C. The summed E-state index contributed by atoms with van der Waals surface area (Å²) in [5.41, 5.74) is 1.79. The van der Waals surface area contributed by atoms with Crippen LogP contribution in [-0.4, -0.2) is 44.8 Å². The molecule has 2 aromatic rings. The molecule has 8 heteroatoms. The monoisotopic (exact) mass is 559 g/mol. The lowest BCUT2D eigenvalue weighted by Gasteiger charge is -2.49. The number of fused-ring (bicyclic) bond motifs is 3. The lowest BCUT2D eigenvalue weighted by Crippen LogP contribution is -2.48. The molecule has 1 aromatic carbocycles. The highest BCUT2D eigenvalue weighted by Gasteiger charge is 2.47. The Balaban J connectivity index is 1.19. The minimum atomic E-state index is -1.55. The third kappa shape index (κ3) is 6.08. The molecule has 8 nitrogen and oxygen atoms in total. The number of aromatic nitrogens is 2. The van der Waals surface area contributed by atoms with Gasteiger partial charge in [0.1, 0.15) is 5.60 Å². The quantitative estimate of drug-likeness (QED) is 0.463. The predicted octanol–water partition coefficient (Wildman–Crippen LogP) is 6.02. The zero-order valence-electron chi connectivity index (χ0n) is 24.3. The number of carbonyl (C=O) groups excluding carboxylic acids is 3. The van der Waals surface area contributed by atoms with Crippen LogP contribution in [0.1, 0.15) is 65.2 Å². The topological polar surface area (TPSA) is 111 Å². The van der Waals surface area contributed by atoms with Gasteiger partial charge in [-0.2, -0.15) is 5.10 Å². The van der Waals surface area contributed by atoms with Gasteiger partial charge in [-0.15, -0.1) is 0 Å². The number of carbonyl (C=O) groups is 3. The molecule has 0 bridgehead atoms. The number of benzene rings is 1. The number of hydrogen-bond acceptors (Lipinski definition) is 6. The summed E-state index contributed by atoms with van der Waals surface area (Å²) in [6.45, 7) is 3.69. The van der Waals surface area contributed by atoms with E-state index in [4.69, 9.17) is 4.74 Å². The van der Waals surface area contributed by atoms with Gasteiger partial charge in [0.25, 0.3) is 0 Å². The van der Waals surface area contributed by atoms with Crippen LogP contribution in [0, 0.1) is 23.2 Å². The van der Waals surface area contributed by atoms with Crippen molar-refractivity contribution in [3.63, 3.8) is 0 Å². The van der Waals surface area contributed by atoms with Gasteiger partial charge < -0.3 is 9.84 Å². The van der Waals surface area contributed by atoms with Crippen LogP contribution >= 0.6 is 0 Å². The molecule has 218 valence electrons. The molecule has 2 saturated carbocycles. The minimum Gasteiger partial charge on any atom is -0.441 e. The highest BCUT2D eigenvalue weighted by atomic mass is 16.6. The third-order valence-electron chi connectivity index (χ3n) is 9.79. The second-order valence-corrected chi connectivity index (χ2v) is 12.3. The maximum absolute atomic E-state index is 13.3. The van der Waals surface area contributed by atoms with Crippen LogP contribution in [0.15, 0.2) is 60.3 Å². The van der Waals surface area contributed by atoms with Crippen LogP contribution in [-0.2, 0) is 21.4 Å². The molecule has 5 atom stereocenters. The van der Waals surface area contributed by atoms with Gasteiger partial charge in [-0.1, -0.05) is 56.9 Å². The first-order valence-corrected chi connectivity index (χ1v) is 14.8. The van der Waals surface area contributed by atoms with Gasteiger partial charge in [0.2, 0.25) is 5.78 Å². The Hall–Kier alpha value is -3.52.